The molecule has 4 aromatic rings. The third-order valence-corrected chi connectivity index (χ3v) is 5.66. The number of piperidine rings is 1. The summed E-state index contributed by atoms with van der Waals surface area (Å²) in [5.74, 6) is 1.88. The molecule has 5 nitrogen and oxygen atoms in total. The van der Waals surface area contributed by atoms with Gasteiger partial charge >= 0.3 is 0 Å². The Bertz CT molecular complexity index is 1150. The molecule has 2 aromatic heterocycles. The first-order valence-corrected chi connectivity index (χ1v) is 10.6. The maximum Gasteiger partial charge on any atom is 0.130 e. The molecular weight excluding hydrogens is 389 g/mol. The van der Waals surface area contributed by atoms with Crippen LogP contribution in [-0.2, 0) is 0 Å². The Hall–Kier alpha value is -3.51. The molecule has 2 aromatic carbocycles. The maximum atomic E-state index is 13.5. The second-order valence-corrected chi connectivity index (χ2v) is 7.80. The van der Waals surface area contributed by atoms with E-state index in [-0.39, 0.29) is 5.82 Å². The monoisotopic (exact) mass is 413 g/mol. The fourth-order valence-electron chi connectivity index (χ4n) is 4.03. The number of aromatic nitrogens is 3. The Balaban J connectivity index is 1.54. The zero-order valence-corrected chi connectivity index (χ0v) is 17.1. The van der Waals surface area contributed by atoms with Gasteiger partial charge in [0.25, 0.3) is 0 Å². The van der Waals surface area contributed by atoms with Crippen LogP contribution in [0.15, 0.2) is 72.9 Å². The summed E-state index contributed by atoms with van der Waals surface area (Å²) < 4.78 is 13.5. The van der Waals surface area contributed by atoms with Crippen LogP contribution in [0, 0.1) is 5.82 Å². The van der Waals surface area contributed by atoms with Crippen LogP contribution in [0.2, 0.25) is 0 Å². The minimum absolute atomic E-state index is 0.252. The van der Waals surface area contributed by atoms with E-state index >= 15 is 0 Å². The molecule has 156 valence electrons. The number of nitrogens with one attached hydrogen (secondary N) is 3. The second-order valence-electron chi connectivity index (χ2n) is 7.80. The second kappa shape index (κ2) is 8.70. The molecule has 6 heteroatoms. The average molecular weight is 414 g/mol. The third-order valence-electron chi connectivity index (χ3n) is 5.66. The van der Waals surface area contributed by atoms with Gasteiger partial charge in [0.1, 0.15) is 17.5 Å². The highest BCUT2D eigenvalue weighted by Crippen LogP contribution is 2.34. The Morgan fingerprint density at radius 3 is 2.45 bits per heavy atom. The van der Waals surface area contributed by atoms with Gasteiger partial charge in [-0.1, -0.05) is 18.2 Å². The fourth-order valence-corrected chi connectivity index (χ4v) is 4.03. The molecule has 0 amide bonds. The Labute approximate surface area is 180 Å². The van der Waals surface area contributed by atoms with Crippen LogP contribution in [0.25, 0.3) is 22.5 Å². The summed E-state index contributed by atoms with van der Waals surface area (Å²) in [6.45, 7) is 1.99. The van der Waals surface area contributed by atoms with Crippen molar-refractivity contribution in [1.82, 2.24) is 20.3 Å². The molecule has 5 rings (SSSR count). The summed E-state index contributed by atoms with van der Waals surface area (Å²) in [5, 5.41) is 6.75. The Morgan fingerprint density at radius 1 is 0.903 bits per heavy atom. The topological polar surface area (TPSA) is 65.6 Å². The van der Waals surface area contributed by atoms with Gasteiger partial charge in [-0.05, 0) is 74.5 Å². The van der Waals surface area contributed by atoms with Crippen molar-refractivity contribution in [2.45, 2.75) is 18.8 Å². The van der Waals surface area contributed by atoms with Crippen molar-refractivity contribution < 1.29 is 4.39 Å². The maximum absolute atomic E-state index is 13.5. The van der Waals surface area contributed by atoms with Crippen molar-refractivity contribution in [3.8, 4) is 22.5 Å². The third kappa shape index (κ3) is 4.34. The van der Waals surface area contributed by atoms with Crippen molar-refractivity contribution in [1.29, 1.82) is 0 Å². The number of pyridine rings is 1. The number of imidazole rings is 1. The molecule has 31 heavy (non-hydrogen) atoms. The summed E-state index contributed by atoms with van der Waals surface area (Å²) in [7, 11) is 0. The number of hydrogen-bond donors (Lipinski definition) is 3. The first-order valence-electron chi connectivity index (χ1n) is 10.6. The SMILES string of the molecule is Fc1ccc(-c2nc(C3CCNCC3)[nH]c2-c2ccnc(Nc3ccccc3)c2)cc1. The van der Waals surface area contributed by atoms with Crippen molar-refractivity contribution >= 4 is 11.5 Å². The highest BCUT2D eigenvalue weighted by Gasteiger charge is 2.22. The van der Waals surface area contributed by atoms with Crippen molar-refractivity contribution in [3.63, 3.8) is 0 Å². The predicted molar refractivity (Wildman–Crippen MR) is 122 cm³/mol. The van der Waals surface area contributed by atoms with Crippen molar-refractivity contribution in [2.75, 3.05) is 18.4 Å². The first-order chi connectivity index (χ1) is 15.3. The molecule has 1 saturated heterocycles. The quantitative estimate of drug-likeness (QED) is 0.405. The number of benzene rings is 2. The highest BCUT2D eigenvalue weighted by molar-refractivity contribution is 5.80. The van der Waals surface area contributed by atoms with E-state index in [9.17, 15) is 4.39 Å². The van der Waals surface area contributed by atoms with Gasteiger partial charge in [0.05, 0.1) is 11.4 Å². The van der Waals surface area contributed by atoms with Gasteiger partial charge < -0.3 is 15.6 Å². The number of H-pyrrole nitrogens is 1. The van der Waals surface area contributed by atoms with E-state index in [2.05, 4.69) is 20.6 Å². The van der Waals surface area contributed by atoms with Crippen LogP contribution in [0.1, 0.15) is 24.6 Å². The number of aromatic amines is 1. The van der Waals surface area contributed by atoms with Gasteiger partial charge in [0.15, 0.2) is 0 Å². The van der Waals surface area contributed by atoms with Crippen LogP contribution in [0.5, 0.6) is 0 Å². The standard InChI is InChI=1S/C25H24FN5/c26-20-8-6-17(7-9-20)23-24(31-25(30-23)18-10-13-27-14-11-18)19-12-15-28-22(16-19)29-21-4-2-1-3-5-21/h1-9,12,15-16,18,27H,10-11,13-14H2,(H,28,29)(H,30,31). The normalized spacial score (nSPS) is 14.5. The number of anilines is 2. The molecule has 0 atom stereocenters. The molecule has 3 N–H and O–H groups in total. The van der Waals surface area contributed by atoms with Crippen LogP contribution in [-0.4, -0.2) is 28.0 Å². The number of para-hydroxylation sites is 1. The van der Waals surface area contributed by atoms with Gasteiger partial charge in [-0.25, -0.2) is 14.4 Å². The zero-order chi connectivity index (χ0) is 21.0. The lowest BCUT2D eigenvalue weighted by Gasteiger charge is -2.20. The summed E-state index contributed by atoms with van der Waals surface area (Å²) >= 11 is 0. The zero-order valence-electron chi connectivity index (χ0n) is 17.1. The molecule has 0 aliphatic carbocycles. The Kier molecular flexibility index (Phi) is 5.46. The van der Waals surface area contributed by atoms with Gasteiger partial charge in [-0.15, -0.1) is 0 Å². The van der Waals surface area contributed by atoms with Crippen molar-refractivity contribution in [3.05, 3.63) is 84.6 Å². The molecule has 0 unspecified atom stereocenters. The molecule has 0 spiro atoms. The number of halogens is 1. The van der Waals surface area contributed by atoms with Crippen LogP contribution in [0.4, 0.5) is 15.9 Å². The van der Waals surface area contributed by atoms with Gasteiger partial charge in [0, 0.05) is 28.9 Å². The number of rotatable bonds is 5. The molecule has 0 radical (unpaired) electrons. The summed E-state index contributed by atoms with van der Waals surface area (Å²) in [4.78, 5) is 13.0. The number of hydrogen-bond acceptors (Lipinski definition) is 4. The van der Waals surface area contributed by atoms with E-state index in [4.69, 9.17) is 4.98 Å². The van der Waals surface area contributed by atoms with E-state index in [1.54, 1.807) is 18.3 Å². The lowest BCUT2D eigenvalue weighted by molar-refractivity contribution is 0.447. The molecule has 0 saturated carbocycles. The minimum Gasteiger partial charge on any atom is -0.341 e. The summed E-state index contributed by atoms with van der Waals surface area (Å²) in [6.07, 6.45) is 3.89. The van der Waals surface area contributed by atoms with E-state index < -0.39 is 0 Å². The van der Waals surface area contributed by atoms with Gasteiger partial charge in [-0.3, -0.25) is 0 Å². The van der Waals surface area contributed by atoms with E-state index in [0.717, 1.165) is 65.8 Å². The highest BCUT2D eigenvalue weighted by atomic mass is 19.1. The largest absolute Gasteiger partial charge is 0.341 e. The molecule has 1 aliphatic rings. The van der Waals surface area contributed by atoms with E-state index in [0.29, 0.717) is 5.92 Å². The number of nitrogens with zero attached hydrogens (tertiary/aromatic N) is 2. The predicted octanol–water partition coefficient (Wildman–Crippen LogP) is 5.49. The van der Waals surface area contributed by atoms with Crippen molar-refractivity contribution in [2.24, 2.45) is 0 Å². The molecular formula is C25H24FN5. The Morgan fingerprint density at radius 2 is 1.68 bits per heavy atom. The average Bonchev–Trinajstić information content (AvgIpc) is 3.27. The molecule has 3 heterocycles. The molecule has 1 aliphatic heterocycles. The van der Waals surface area contributed by atoms with Crippen LogP contribution >= 0.6 is 0 Å². The molecule has 0 bridgehead atoms. The fraction of sp³-hybridized carbons (Fsp3) is 0.200. The van der Waals surface area contributed by atoms with Crippen LogP contribution in [0.3, 0.4) is 0 Å². The van der Waals surface area contributed by atoms with Gasteiger partial charge in [0.2, 0.25) is 0 Å². The lowest BCUT2D eigenvalue weighted by atomic mass is 9.98. The summed E-state index contributed by atoms with van der Waals surface area (Å²) in [6, 6.07) is 20.5. The minimum atomic E-state index is -0.252. The smallest absolute Gasteiger partial charge is 0.130 e. The van der Waals surface area contributed by atoms with Crippen LogP contribution < -0.4 is 10.6 Å². The molecule has 1 fully saturated rings. The van der Waals surface area contributed by atoms with E-state index in [1.807, 2.05) is 42.5 Å². The summed E-state index contributed by atoms with van der Waals surface area (Å²) in [5.41, 5.74) is 4.62. The van der Waals surface area contributed by atoms with Gasteiger partial charge in [-0.2, -0.15) is 0 Å². The first kappa shape index (κ1) is 19.5. The van der Waals surface area contributed by atoms with E-state index in [1.165, 1.54) is 12.1 Å². The lowest BCUT2D eigenvalue weighted by Crippen LogP contribution is -2.27.